The Labute approximate surface area is 177 Å². The standard InChI is InChI=1S/C22H22F3N3O3/c23-22(24,25)18-7-8-19(20(14-18)28(30)31)26-9-11-27(12-10-26)21(29)17-6-5-15-3-1-2-4-16(15)13-17/h5-8,13-14H,1-4,9-12H2. The predicted molar refractivity (Wildman–Crippen MR) is 109 cm³/mol. The summed E-state index contributed by atoms with van der Waals surface area (Å²) < 4.78 is 38.8. The molecule has 0 bridgehead atoms. The molecule has 0 atom stereocenters. The summed E-state index contributed by atoms with van der Waals surface area (Å²) in [5.41, 5.74) is 1.65. The van der Waals surface area contributed by atoms with Crippen LogP contribution < -0.4 is 4.90 Å². The number of aryl methyl sites for hydroxylation is 2. The van der Waals surface area contributed by atoms with Crippen LogP contribution in [0, 0.1) is 10.1 Å². The molecule has 0 aromatic heterocycles. The number of nitrogens with zero attached hydrogens (tertiary/aromatic N) is 3. The summed E-state index contributed by atoms with van der Waals surface area (Å²) in [6.45, 7) is 1.30. The van der Waals surface area contributed by atoms with Gasteiger partial charge in [-0.15, -0.1) is 0 Å². The monoisotopic (exact) mass is 433 g/mol. The number of benzene rings is 2. The number of anilines is 1. The van der Waals surface area contributed by atoms with Crippen LogP contribution in [-0.2, 0) is 19.0 Å². The van der Waals surface area contributed by atoms with Crippen LogP contribution in [0.4, 0.5) is 24.5 Å². The van der Waals surface area contributed by atoms with E-state index >= 15 is 0 Å². The normalized spacial score (nSPS) is 16.7. The molecule has 0 N–H and O–H groups in total. The van der Waals surface area contributed by atoms with Gasteiger partial charge in [0.1, 0.15) is 5.69 Å². The quantitative estimate of drug-likeness (QED) is 0.530. The van der Waals surface area contributed by atoms with Crippen LogP contribution in [0.2, 0.25) is 0 Å². The molecule has 0 spiro atoms. The molecular weight excluding hydrogens is 411 g/mol. The van der Waals surface area contributed by atoms with Gasteiger partial charge in [0.15, 0.2) is 0 Å². The first kappa shape index (κ1) is 21.1. The third kappa shape index (κ3) is 4.35. The Kier molecular flexibility index (Phi) is 5.60. The fourth-order valence-corrected chi connectivity index (χ4v) is 4.31. The number of fused-ring (bicyclic) bond motifs is 1. The Morgan fingerprint density at radius 2 is 1.61 bits per heavy atom. The minimum atomic E-state index is -4.65. The summed E-state index contributed by atoms with van der Waals surface area (Å²) in [4.78, 5) is 26.9. The average Bonchev–Trinajstić information content (AvgIpc) is 2.77. The Morgan fingerprint density at radius 1 is 0.935 bits per heavy atom. The maximum Gasteiger partial charge on any atom is 0.416 e. The highest BCUT2D eigenvalue weighted by Crippen LogP contribution is 2.37. The maximum absolute atomic E-state index is 12.9. The van der Waals surface area contributed by atoms with Gasteiger partial charge >= 0.3 is 6.18 Å². The van der Waals surface area contributed by atoms with E-state index in [1.807, 2.05) is 18.2 Å². The molecule has 31 heavy (non-hydrogen) atoms. The Balaban J connectivity index is 1.47. The summed E-state index contributed by atoms with van der Waals surface area (Å²) in [6.07, 6.45) is -0.354. The molecule has 0 saturated carbocycles. The van der Waals surface area contributed by atoms with Gasteiger partial charge in [-0.3, -0.25) is 14.9 Å². The van der Waals surface area contributed by atoms with Crippen molar-refractivity contribution in [2.45, 2.75) is 31.9 Å². The predicted octanol–water partition coefficient (Wildman–Crippen LogP) is 4.45. The first-order chi connectivity index (χ1) is 14.7. The van der Waals surface area contributed by atoms with E-state index in [1.165, 1.54) is 17.5 Å². The van der Waals surface area contributed by atoms with Gasteiger partial charge in [-0.05, 0) is 61.1 Å². The molecule has 2 aliphatic rings. The van der Waals surface area contributed by atoms with E-state index in [0.29, 0.717) is 37.8 Å². The van der Waals surface area contributed by atoms with Gasteiger partial charge in [0.25, 0.3) is 11.6 Å². The number of hydrogen-bond acceptors (Lipinski definition) is 4. The number of nitro groups is 1. The number of piperazine rings is 1. The minimum Gasteiger partial charge on any atom is -0.362 e. The average molecular weight is 433 g/mol. The lowest BCUT2D eigenvalue weighted by atomic mass is 9.90. The first-order valence-electron chi connectivity index (χ1n) is 10.3. The van der Waals surface area contributed by atoms with Gasteiger partial charge in [-0.1, -0.05) is 6.07 Å². The molecule has 9 heteroatoms. The third-order valence-corrected chi connectivity index (χ3v) is 6.00. The molecule has 1 amide bonds. The van der Waals surface area contributed by atoms with E-state index in [1.54, 1.807) is 9.80 Å². The highest BCUT2D eigenvalue weighted by atomic mass is 19.4. The van der Waals surface area contributed by atoms with Gasteiger partial charge in [0.05, 0.1) is 10.5 Å². The van der Waals surface area contributed by atoms with Crippen molar-refractivity contribution in [3.05, 3.63) is 68.8 Å². The van der Waals surface area contributed by atoms with E-state index in [4.69, 9.17) is 0 Å². The lowest BCUT2D eigenvalue weighted by Gasteiger charge is -2.36. The van der Waals surface area contributed by atoms with Crippen molar-refractivity contribution in [2.24, 2.45) is 0 Å². The van der Waals surface area contributed by atoms with Crippen molar-refractivity contribution in [1.29, 1.82) is 0 Å². The van der Waals surface area contributed by atoms with Crippen molar-refractivity contribution >= 4 is 17.3 Å². The van der Waals surface area contributed by atoms with Crippen LogP contribution >= 0.6 is 0 Å². The Morgan fingerprint density at radius 3 is 2.26 bits per heavy atom. The largest absolute Gasteiger partial charge is 0.416 e. The molecular formula is C22H22F3N3O3. The van der Waals surface area contributed by atoms with Gasteiger partial charge in [-0.2, -0.15) is 13.2 Å². The van der Waals surface area contributed by atoms with E-state index in [-0.39, 0.29) is 11.6 Å². The van der Waals surface area contributed by atoms with E-state index < -0.39 is 22.4 Å². The Hall–Kier alpha value is -3.10. The number of nitro benzene ring substituents is 1. The number of amides is 1. The van der Waals surface area contributed by atoms with Gasteiger partial charge in [0, 0.05) is 37.8 Å². The summed E-state index contributed by atoms with van der Waals surface area (Å²) in [5.74, 6) is -0.0880. The highest BCUT2D eigenvalue weighted by Gasteiger charge is 2.34. The molecule has 4 rings (SSSR count). The molecule has 1 aliphatic heterocycles. The minimum absolute atomic E-state index is 0.0880. The first-order valence-corrected chi connectivity index (χ1v) is 10.3. The maximum atomic E-state index is 12.9. The summed E-state index contributed by atoms with van der Waals surface area (Å²) >= 11 is 0. The van der Waals surface area contributed by atoms with Gasteiger partial charge in [-0.25, -0.2) is 0 Å². The zero-order valence-corrected chi connectivity index (χ0v) is 16.8. The molecule has 1 heterocycles. The number of rotatable bonds is 3. The van der Waals surface area contributed by atoms with E-state index in [0.717, 1.165) is 31.4 Å². The van der Waals surface area contributed by atoms with Crippen LogP contribution in [0.25, 0.3) is 0 Å². The summed E-state index contributed by atoms with van der Waals surface area (Å²) in [6, 6.07) is 8.39. The summed E-state index contributed by atoms with van der Waals surface area (Å²) in [5, 5.41) is 11.4. The second-order valence-corrected chi connectivity index (χ2v) is 7.93. The molecule has 0 unspecified atom stereocenters. The molecule has 1 fully saturated rings. The second kappa shape index (κ2) is 8.20. The SMILES string of the molecule is O=C(c1ccc2c(c1)CCCC2)N1CCN(c2ccc(C(F)(F)F)cc2[N+](=O)[O-])CC1. The fraction of sp³-hybridized carbons (Fsp3) is 0.409. The number of hydrogen-bond donors (Lipinski definition) is 0. The zero-order valence-electron chi connectivity index (χ0n) is 16.8. The molecule has 6 nitrogen and oxygen atoms in total. The van der Waals surface area contributed by atoms with Crippen LogP contribution in [0.5, 0.6) is 0 Å². The van der Waals surface area contributed by atoms with E-state index in [2.05, 4.69) is 0 Å². The number of carbonyl (C=O) groups excluding carboxylic acids is 1. The molecule has 0 radical (unpaired) electrons. The molecule has 2 aromatic rings. The van der Waals surface area contributed by atoms with Gasteiger partial charge in [0.2, 0.25) is 0 Å². The van der Waals surface area contributed by atoms with Crippen molar-refractivity contribution in [3.63, 3.8) is 0 Å². The number of carbonyl (C=O) groups is 1. The van der Waals surface area contributed by atoms with Crippen LogP contribution in [0.3, 0.4) is 0 Å². The zero-order chi connectivity index (χ0) is 22.2. The Bertz CT molecular complexity index is 1010. The molecule has 1 aliphatic carbocycles. The molecule has 2 aromatic carbocycles. The lowest BCUT2D eigenvalue weighted by molar-refractivity contribution is -0.384. The smallest absolute Gasteiger partial charge is 0.362 e. The second-order valence-electron chi connectivity index (χ2n) is 7.93. The van der Waals surface area contributed by atoms with Crippen molar-refractivity contribution < 1.29 is 22.9 Å². The van der Waals surface area contributed by atoms with Gasteiger partial charge < -0.3 is 9.80 Å². The highest BCUT2D eigenvalue weighted by molar-refractivity contribution is 5.94. The van der Waals surface area contributed by atoms with Crippen LogP contribution in [0.15, 0.2) is 36.4 Å². The van der Waals surface area contributed by atoms with Crippen LogP contribution in [0.1, 0.15) is 39.9 Å². The molecule has 164 valence electrons. The topological polar surface area (TPSA) is 66.7 Å². The summed E-state index contributed by atoms with van der Waals surface area (Å²) in [7, 11) is 0. The number of halogens is 3. The van der Waals surface area contributed by atoms with Crippen molar-refractivity contribution in [3.8, 4) is 0 Å². The van der Waals surface area contributed by atoms with Crippen molar-refractivity contribution in [1.82, 2.24) is 4.90 Å². The van der Waals surface area contributed by atoms with Crippen LogP contribution in [-0.4, -0.2) is 41.9 Å². The fourth-order valence-electron chi connectivity index (χ4n) is 4.31. The van der Waals surface area contributed by atoms with E-state index in [9.17, 15) is 28.1 Å². The van der Waals surface area contributed by atoms with Crippen molar-refractivity contribution in [2.75, 3.05) is 31.1 Å². The number of alkyl halides is 3. The third-order valence-electron chi connectivity index (χ3n) is 6.00. The lowest BCUT2D eigenvalue weighted by Crippen LogP contribution is -2.49. The molecule has 1 saturated heterocycles.